The van der Waals surface area contributed by atoms with Gasteiger partial charge in [-0.25, -0.2) is 0 Å². The summed E-state index contributed by atoms with van der Waals surface area (Å²) in [5, 5.41) is 9.69. The van der Waals surface area contributed by atoms with Crippen molar-refractivity contribution in [3.63, 3.8) is 0 Å². The van der Waals surface area contributed by atoms with Crippen molar-refractivity contribution in [3.8, 4) is 5.75 Å². The summed E-state index contributed by atoms with van der Waals surface area (Å²) in [5.74, 6) is 1.60. The standard InChI is InChI=1S/C17H29NO/c1-5-7-9-15(13-18(3)4)17(6-2)14-10-8-11-16(19)12-14/h8,10-12,15,17,19H,5-7,9,13H2,1-4H3. The quantitative estimate of drug-likeness (QED) is 0.757. The van der Waals surface area contributed by atoms with Crippen LogP contribution in [0.1, 0.15) is 51.0 Å². The third-order valence-corrected chi connectivity index (χ3v) is 3.84. The summed E-state index contributed by atoms with van der Waals surface area (Å²) < 4.78 is 0. The second-order valence-electron chi connectivity index (χ2n) is 5.77. The SMILES string of the molecule is CCCCC(CN(C)C)C(CC)c1cccc(O)c1. The minimum atomic E-state index is 0.384. The lowest BCUT2D eigenvalue weighted by molar-refractivity contribution is 0.267. The van der Waals surface area contributed by atoms with Gasteiger partial charge in [-0.05, 0) is 56.5 Å². The van der Waals surface area contributed by atoms with Crippen molar-refractivity contribution in [3.05, 3.63) is 29.8 Å². The minimum absolute atomic E-state index is 0.384. The van der Waals surface area contributed by atoms with Gasteiger partial charge in [-0.3, -0.25) is 0 Å². The van der Waals surface area contributed by atoms with E-state index >= 15 is 0 Å². The Bertz CT molecular complexity index is 362. The van der Waals surface area contributed by atoms with E-state index in [1.54, 1.807) is 6.07 Å². The van der Waals surface area contributed by atoms with Gasteiger partial charge in [0.15, 0.2) is 0 Å². The molecule has 2 heteroatoms. The van der Waals surface area contributed by atoms with Crippen LogP contribution in [0.2, 0.25) is 0 Å². The number of nitrogens with zero attached hydrogens (tertiary/aromatic N) is 1. The molecular formula is C17H29NO. The Morgan fingerprint density at radius 2 is 1.95 bits per heavy atom. The molecule has 0 fully saturated rings. The molecule has 0 bridgehead atoms. The number of aromatic hydroxyl groups is 1. The van der Waals surface area contributed by atoms with Crippen LogP contribution in [0.15, 0.2) is 24.3 Å². The van der Waals surface area contributed by atoms with Crippen LogP contribution >= 0.6 is 0 Å². The Kier molecular flexibility index (Phi) is 6.93. The molecule has 0 aliphatic heterocycles. The summed E-state index contributed by atoms with van der Waals surface area (Å²) in [6.45, 7) is 5.62. The van der Waals surface area contributed by atoms with E-state index in [4.69, 9.17) is 0 Å². The molecule has 0 aliphatic carbocycles. The van der Waals surface area contributed by atoms with E-state index in [0.717, 1.165) is 13.0 Å². The fraction of sp³-hybridized carbons (Fsp3) is 0.647. The predicted molar refractivity (Wildman–Crippen MR) is 82.7 cm³/mol. The molecular weight excluding hydrogens is 234 g/mol. The molecule has 0 saturated carbocycles. The zero-order valence-corrected chi connectivity index (χ0v) is 12.9. The molecule has 0 radical (unpaired) electrons. The van der Waals surface area contributed by atoms with Gasteiger partial charge in [-0.2, -0.15) is 0 Å². The predicted octanol–water partition coefficient (Wildman–Crippen LogP) is 4.25. The molecule has 1 aromatic rings. The van der Waals surface area contributed by atoms with Crippen LogP contribution in [0.5, 0.6) is 5.75 Å². The summed E-state index contributed by atoms with van der Waals surface area (Å²) in [6, 6.07) is 7.80. The average molecular weight is 263 g/mol. The summed E-state index contributed by atoms with van der Waals surface area (Å²) >= 11 is 0. The summed E-state index contributed by atoms with van der Waals surface area (Å²) in [6.07, 6.45) is 4.93. The molecule has 2 unspecified atom stereocenters. The van der Waals surface area contributed by atoms with Crippen molar-refractivity contribution in [2.24, 2.45) is 5.92 Å². The van der Waals surface area contributed by atoms with Gasteiger partial charge in [0.2, 0.25) is 0 Å². The van der Waals surface area contributed by atoms with Gasteiger partial charge >= 0.3 is 0 Å². The lowest BCUT2D eigenvalue weighted by Gasteiger charge is -2.29. The molecule has 0 saturated heterocycles. The monoisotopic (exact) mass is 263 g/mol. The van der Waals surface area contributed by atoms with Gasteiger partial charge in [-0.15, -0.1) is 0 Å². The Labute approximate surface area is 118 Å². The second kappa shape index (κ2) is 8.21. The topological polar surface area (TPSA) is 23.5 Å². The minimum Gasteiger partial charge on any atom is -0.508 e. The first-order valence-corrected chi connectivity index (χ1v) is 7.52. The van der Waals surface area contributed by atoms with Crippen molar-refractivity contribution >= 4 is 0 Å². The van der Waals surface area contributed by atoms with Crippen LogP contribution in [0.25, 0.3) is 0 Å². The zero-order chi connectivity index (χ0) is 14.3. The smallest absolute Gasteiger partial charge is 0.115 e. The molecule has 0 aliphatic rings. The van der Waals surface area contributed by atoms with Crippen LogP contribution in [0.3, 0.4) is 0 Å². The summed E-state index contributed by atoms with van der Waals surface area (Å²) in [5.41, 5.74) is 1.28. The van der Waals surface area contributed by atoms with Crippen LogP contribution < -0.4 is 0 Å². The summed E-state index contributed by atoms with van der Waals surface area (Å²) in [7, 11) is 4.29. The van der Waals surface area contributed by atoms with Crippen molar-refractivity contribution in [2.75, 3.05) is 20.6 Å². The largest absolute Gasteiger partial charge is 0.508 e. The van der Waals surface area contributed by atoms with Gasteiger partial charge in [0.05, 0.1) is 0 Å². The van der Waals surface area contributed by atoms with Crippen molar-refractivity contribution in [1.82, 2.24) is 4.90 Å². The van der Waals surface area contributed by atoms with E-state index in [1.807, 2.05) is 12.1 Å². The van der Waals surface area contributed by atoms with E-state index < -0.39 is 0 Å². The zero-order valence-electron chi connectivity index (χ0n) is 12.9. The number of hydrogen-bond donors (Lipinski definition) is 1. The van der Waals surface area contributed by atoms with Crippen LogP contribution in [-0.4, -0.2) is 30.6 Å². The molecule has 1 N–H and O–H groups in total. The van der Waals surface area contributed by atoms with E-state index in [-0.39, 0.29) is 0 Å². The first-order valence-electron chi connectivity index (χ1n) is 7.52. The molecule has 1 aromatic carbocycles. The third-order valence-electron chi connectivity index (χ3n) is 3.84. The molecule has 0 amide bonds. The van der Waals surface area contributed by atoms with Crippen molar-refractivity contribution < 1.29 is 5.11 Å². The van der Waals surface area contributed by atoms with E-state index in [9.17, 15) is 5.11 Å². The first-order chi connectivity index (χ1) is 9.08. The van der Waals surface area contributed by atoms with Crippen molar-refractivity contribution in [2.45, 2.75) is 45.4 Å². The number of benzene rings is 1. The van der Waals surface area contributed by atoms with E-state index in [2.05, 4.69) is 38.9 Å². The molecule has 108 valence electrons. The average Bonchev–Trinajstić information content (AvgIpc) is 2.36. The number of phenols is 1. The highest BCUT2D eigenvalue weighted by Gasteiger charge is 2.22. The molecule has 0 spiro atoms. The Balaban J connectivity index is 2.87. The van der Waals surface area contributed by atoms with Gasteiger partial charge in [0.25, 0.3) is 0 Å². The number of rotatable bonds is 8. The highest BCUT2D eigenvalue weighted by atomic mass is 16.3. The summed E-state index contributed by atoms with van der Waals surface area (Å²) in [4.78, 5) is 2.28. The van der Waals surface area contributed by atoms with Crippen LogP contribution in [0.4, 0.5) is 0 Å². The van der Waals surface area contributed by atoms with Gasteiger partial charge in [0.1, 0.15) is 5.75 Å². The maximum Gasteiger partial charge on any atom is 0.115 e. The number of hydrogen-bond acceptors (Lipinski definition) is 2. The Morgan fingerprint density at radius 3 is 2.47 bits per heavy atom. The molecule has 19 heavy (non-hydrogen) atoms. The maximum atomic E-state index is 9.69. The molecule has 1 rings (SSSR count). The fourth-order valence-electron chi connectivity index (χ4n) is 2.95. The third kappa shape index (κ3) is 5.23. The number of phenolic OH excluding ortho intramolecular Hbond substituents is 1. The highest BCUT2D eigenvalue weighted by Crippen LogP contribution is 2.33. The van der Waals surface area contributed by atoms with Crippen LogP contribution in [-0.2, 0) is 0 Å². The molecule has 2 nitrogen and oxygen atoms in total. The van der Waals surface area contributed by atoms with Crippen molar-refractivity contribution in [1.29, 1.82) is 0 Å². The van der Waals surface area contributed by atoms with Gasteiger partial charge < -0.3 is 10.0 Å². The van der Waals surface area contributed by atoms with E-state index in [1.165, 1.54) is 24.8 Å². The Hall–Kier alpha value is -1.02. The van der Waals surface area contributed by atoms with Crippen LogP contribution in [0, 0.1) is 5.92 Å². The van der Waals surface area contributed by atoms with E-state index in [0.29, 0.717) is 17.6 Å². The fourth-order valence-corrected chi connectivity index (χ4v) is 2.95. The highest BCUT2D eigenvalue weighted by molar-refractivity contribution is 5.30. The molecule has 0 heterocycles. The molecule has 2 atom stereocenters. The first kappa shape index (κ1) is 16.0. The number of unbranched alkanes of at least 4 members (excludes halogenated alkanes) is 1. The normalized spacial score (nSPS) is 14.6. The Morgan fingerprint density at radius 1 is 1.21 bits per heavy atom. The lowest BCUT2D eigenvalue weighted by atomic mass is 9.81. The molecule has 0 aromatic heterocycles. The maximum absolute atomic E-state index is 9.69. The lowest BCUT2D eigenvalue weighted by Crippen LogP contribution is -2.26. The van der Waals surface area contributed by atoms with Gasteiger partial charge in [-0.1, -0.05) is 38.8 Å². The second-order valence-corrected chi connectivity index (χ2v) is 5.77. The van der Waals surface area contributed by atoms with Gasteiger partial charge in [0, 0.05) is 6.54 Å².